The summed E-state index contributed by atoms with van der Waals surface area (Å²) in [7, 11) is 0. The Kier molecular flexibility index (Phi) is 2.05. The van der Waals surface area contributed by atoms with E-state index in [-0.39, 0.29) is 5.58 Å². The molecule has 4 rings (SSSR count). The highest BCUT2D eigenvalue weighted by atomic mass is 19.1. The molecule has 0 radical (unpaired) electrons. The smallest absolute Gasteiger partial charge is 0.248 e. The van der Waals surface area contributed by atoms with Crippen molar-refractivity contribution in [3.8, 4) is 0 Å². The molecule has 6 heteroatoms. The molecule has 0 spiro atoms. The number of aromatic amines is 1. The van der Waals surface area contributed by atoms with Crippen LogP contribution in [0.3, 0.4) is 0 Å². The maximum Gasteiger partial charge on any atom is 0.248 e. The molecule has 2 aromatic heterocycles. The Morgan fingerprint density at radius 3 is 3.16 bits per heavy atom. The second kappa shape index (κ2) is 3.74. The van der Waals surface area contributed by atoms with Crippen LogP contribution in [0.5, 0.6) is 0 Å². The minimum absolute atomic E-state index is 0.155. The van der Waals surface area contributed by atoms with Gasteiger partial charge in [-0.2, -0.15) is 0 Å². The number of benzene rings is 1. The number of hydrogen-bond donors (Lipinski definition) is 1. The first-order valence-electron chi connectivity index (χ1n) is 5.95. The fraction of sp³-hybridized carbons (Fsp3) is 0.154. The number of imidazole rings is 1. The molecule has 3 heterocycles. The summed E-state index contributed by atoms with van der Waals surface area (Å²) in [6.07, 6.45) is 2.43. The molecule has 0 saturated carbocycles. The largest absolute Gasteiger partial charge is 0.431 e. The standard InChI is InChI=1S/C13H9FN4O/c14-7-2-1-3-9-12(7)19-13(18-9)11-10-8(4-5-15-11)16-6-17-10/h1-3,6H,4-5H2,(H,16,17). The summed E-state index contributed by atoms with van der Waals surface area (Å²) in [4.78, 5) is 16.0. The van der Waals surface area contributed by atoms with Crippen LogP contribution in [0.1, 0.15) is 17.3 Å². The molecule has 0 atom stereocenters. The van der Waals surface area contributed by atoms with Crippen molar-refractivity contribution in [1.29, 1.82) is 0 Å². The van der Waals surface area contributed by atoms with Gasteiger partial charge in [0.15, 0.2) is 11.4 Å². The van der Waals surface area contributed by atoms with Crippen LogP contribution >= 0.6 is 0 Å². The maximum absolute atomic E-state index is 13.6. The van der Waals surface area contributed by atoms with Gasteiger partial charge in [-0.1, -0.05) is 6.07 Å². The lowest BCUT2D eigenvalue weighted by atomic mass is 10.1. The Morgan fingerprint density at radius 2 is 2.26 bits per heavy atom. The second-order valence-electron chi connectivity index (χ2n) is 4.32. The van der Waals surface area contributed by atoms with Gasteiger partial charge in [0.1, 0.15) is 16.9 Å². The van der Waals surface area contributed by atoms with E-state index in [4.69, 9.17) is 4.42 Å². The van der Waals surface area contributed by atoms with E-state index < -0.39 is 5.82 Å². The molecule has 0 aliphatic carbocycles. The topological polar surface area (TPSA) is 67.1 Å². The second-order valence-corrected chi connectivity index (χ2v) is 4.32. The number of aromatic nitrogens is 3. The summed E-state index contributed by atoms with van der Waals surface area (Å²) in [5.41, 5.74) is 2.97. The molecular formula is C13H9FN4O. The first-order chi connectivity index (χ1) is 9.33. The number of nitrogens with one attached hydrogen (secondary N) is 1. The van der Waals surface area contributed by atoms with Crippen LogP contribution in [0.15, 0.2) is 33.9 Å². The Hall–Kier alpha value is -2.50. The van der Waals surface area contributed by atoms with Gasteiger partial charge < -0.3 is 9.40 Å². The van der Waals surface area contributed by atoms with Gasteiger partial charge in [-0.3, -0.25) is 4.99 Å². The van der Waals surface area contributed by atoms with Gasteiger partial charge in [0.05, 0.1) is 6.33 Å². The number of halogens is 1. The van der Waals surface area contributed by atoms with Gasteiger partial charge in [0, 0.05) is 18.7 Å². The monoisotopic (exact) mass is 256 g/mol. The fourth-order valence-corrected chi connectivity index (χ4v) is 2.26. The molecule has 0 bridgehead atoms. The van der Waals surface area contributed by atoms with Crippen LogP contribution in [0.25, 0.3) is 11.1 Å². The van der Waals surface area contributed by atoms with Crippen molar-refractivity contribution in [2.24, 2.45) is 4.99 Å². The van der Waals surface area contributed by atoms with Crippen LogP contribution in [-0.4, -0.2) is 27.2 Å². The molecule has 1 aromatic carbocycles. The highest BCUT2D eigenvalue weighted by molar-refractivity contribution is 6.10. The summed E-state index contributed by atoms with van der Waals surface area (Å²) in [5.74, 6) is -0.108. The number of nitrogens with zero attached hydrogens (tertiary/aromatic N) is 3. The van der Waals surface area contributed by atoms with Crippen LogP contribution < -0.4 is 0 Å². The number of rotatable bonds is 1. The van der Waals surface area contributed by atoms with E-state index in [1.165, 1.54) is 6.07 Å². The minimum atomic E-state index is -0.421. The molecule has 0 unspecified atom stereocenters. The first-order valence-corrected chi connectivity index (χ1v) is 5.95. The summed E-state index contributed by atoms with van der Waals surface area (Å²) in [5, 5.41) is 0. The lowest BCUT2D eigenvalue weighted by molar-refractivity contribution is 0.546. The van der Waals surface area contributed by atoms with E-state index in [1.807, 2.05) is 0 Å². The molecule has 0 saturated heterocycles. The van der Waals surface area contributed by atoms with E-state index in [9.17, 15) is 4.39 Å². The first kappa shape index (κ1) is 10.4. The number of aliphatic imine (C=N–C) groups is 1. The molecule has 1 aliphatic heterocycles. The molecule has 1 aliphatic rings. The third-order valence-electron chi connectivity index (χ3n) is 3.14. The zero-order valence-corrected chi connectivity index (χ0v) is 9.85. The third-order valence-corrected chi connectivity index (χ3v) is 3.14. The Bertz CT molecular complexity index is 802. The van der Waals surface area contributed by atoms with Crippen LogP contribution in [0, 0.1) is 5.82 Å². The van der Waals surface area contributed by atoms with Gasteiger partial charge in [0.25, 0.3) is 0 Å². The zero-order valence-electron chi connectivity index (χ0n) is 9.85. The van der Waals surface area contributed by atoms with Gasteiger partial charge >= 0.3 is 0 Å². The SMILES string of the molecule is Fc1cccc2nc(C3=NCCc4[nH]cnc43)oc12. The molecule has 94 valence electrons. The molecule has 0 amide bonds. The highest BCUT2D eigenvalue weighted by Gasteiger charge is 2.23. The van der Waals surface area contributed by atoms with Gasteiger partial charge in [-0.25, -0.2) is 14.4 Å². The molecular weight excluding hydrogens is 247 g/mol. The van der Waals surface area contributed by atoms with Gasteiger partial charge in [0.2, 0.25) is 5.89 Å². The maximum atomic E-state index is 13.6. The van der Waals surface area contributed by atoms with E-state index in [2.05, 4.69) is 19.9 Å². The quantitative estimate of drug-likeness (QED) is 0.724. The van der Waals surface area contributed by atoms with Crippen molar-refractivity contribution < 1.29 is 8.81 Å². The summed E-state index contributed by atoms with van der Waals surface area (Å²) in [6, 6.07) is 4.66. The Labute approximate surface area is 107 Å². The van der Waals surface area contributed by atoms with E-state index in [1.54, 1.807) is 18.5 Å². The Morgan fingerprint density at radius 1 is 1.32 bits per heavy atom. The average molecular weight is 256 g/mol. The Balaban J connectivity index is 1.92. The lowest BCUT2D eigenvalue weighted by Gasteiger charge is -2.08. The average Bonchev–Trinajstić information content (AvgIpc) is 3.05. The molecule has 5 nitrogen and oxygen atoms in total. The van der Waals surface area contributed by atoms with E-state index in [0.717, 1.165) is 17.8 Å². The van der Waals surface area contributed by atoms with Crippen molar-refractivity contribution in [3.63, 3.8) is 0 Å². The van der Waals surface area contributed by atoms with Crippen molar-refractivity contribution in [3.05, 3.63) is 47.6 Å². The summed E-state index contributed by atoms with van der Waals surface area (Å²) >= 11 is 0. The number of hydrogen-bond acceptors (Lipinski definition) is 4. The third kappa shape index (κ3) is 1.49. The van der Waals surface area contributed by atoms with E-state index in [0.29, 0.717) is 23.7 Å². The summed E-state index contributed by atoms with van der Waals surface area (Å²) in [6.45, 7) is 0.645. The number of oxazole rings is 1. The molecule has 3 aromatic rings. The van der Waals surface area contributed by atoms with Gasteiger partial charge in [-0.05, 0) is 12.1 Å². The number of para-hydroxylation sites is 1. The van der Waals surface area contributed by atoms with Crippen LogP contribution in [-0.2, 0) is 6.42 Å². The van der Waals surface area contributed by atoms with Crippen LogP contribution in [0.2, 0.25) is 0 Å². The summed E-state index contributed by atoms with van der Waals surface area (Å²) < 4.78 is 19.1. The van der Waals surface area contributed by atoms with Crippen molar-refractivity contribution in [2.75, 3.05) is 6.54 Å². The molecule has 19 heavy (non-hydrogen) atoms. The van der Waals surface area contributed by atoms with Gasteiger partial charge in [-0.15, -0.1) is 0 Å². The predicted octanol–water partition coefficient (Wildman–Crippen LogP) is 2.08. The van der Waals surface area contributed by atoms with Crippen molar-refractivity contribution >= 4 is 16.8 Å². The minimum Gasteiger partial charge on any atom is -0.431 e. The molecule has 0 fully saturated rings. The normalized spacial score (nSPS) is 14.5. The van der Waals surface area contributed by atoms with Crippen LogP contribution in [0.4, 0.5) is 4.39 Å². The van der Waals surface area contributed by atoms with Crippen molar-refractivity contribution in [1.82, 2.24) is 15.0 Å². The number of fused-ring (bicyclic) bond motifs is 2. The van der Waals surface area contributed by atoms with Crippen molar-refractivity contribution in [2.45, 2.75) is 6.42 Å². The fourth-order valence-electron chi connectivity index (χ4n) is 2.26. The zero-order chi connectivity index (χ0) is 12.8. The number of H-pyrrole nitrogens is 1. The highest BCUT2D eigenvalue weighted by Crippen LogP contribution is 2.22. The van der Waals surface area contributed by atoms with E-state index >= 15 is 0 Å². The lowest BCUT2D eigenvalue weighted by Crippen LogP contribution is -2.14. The predicted molar refractivity (Wildman–Crippen MR) is 66.8 cm³/mol. The molecule has 1 N–H and O–H groups in total.